The van der Waals surface area contributed by atoms with Crippen molar-refractivity contribution in [2.45, 2.75) is 6.92 Å². The first kappa shape index (κ1) is 12.8. The van der Waals surface area contributed by atoms with Gasteiger partial charge in [-0.3, -0.25) is 4.79 Å². The lowest BCUT2D eigenvalue weighted by Crippen LogP contribution is -2.06. The number of hydrogen-bond acceptors (Lipinski definition) is 3. The molecule has 0 spiro atoms. The Morgan fingerprint density at radius 3 is 2.75 bits per heavy atom. The molecule has 0 fully saturated rings. The minimum atomic E-state index is -0.136. The summed E-state index contributed by atoms with van der Waals surface area (Å²) in [6.07, 6.45) is 1.30. The van der Waals surface area contributed by atoms with Crippen LogP contribution in [-0.2, 0) is 7.05 Å². The monoisotopic (exact) mass is 285 g/mol. The van der Waals surface area contributed by atoms with Gasteiger partial charge in [0, 0.05) is 29.7 Å². The summed E-state index contributed by atoms with van der Waals surface area (Å²) >= 11 is 5.83. The fourth-order valence-electron chi connectivity index (χ4n) is 2.39. The average Bonchev–Trinajstić information content (AvgIpc) is 2.71. The predicted octanol–water partition coefficient (Wildman–Crippen LogP) is 3.16. The molecule has 100 valence electrons. The fraction of sp³-hybridized carbons (Fsp3) is 0.133. The molecule has 0 atom stereocenters. The van der Waals surface area contributed by atoms with Gasteiger partial charge in [-0.2, -0.15) is 0 Å². The highest BCUT2D eigenvalue weighted by molar-refractivity contribution is 6.30. The largest absolute Gasteiger partial charge is 0.347 e. The molecular weight excluding hydrogens is 274 g/mol. The van der Waals surface area contributed by atoms with Crippen molar-refractivity contribution in [1.82, 2.24) is 14.5 Å². The van der Waals surface area contributed by atoms with E-state index in [1.54, 1.807) is 0 Å². The molecule has 2 heterocycles. The van der Waals surface area contributed by atoms with Crippen molar-refractivity contribution in [3.63, 3.8) is 0 Å². The SMILES string of the molecule is Cc1c(C(=O)c2cc(Cl)ncn2)c2ccccc2n1C. The Morgan fingerprint density at radius 2 is 2.00 bits per heavy atom. The normalized spacial score (nSPS) is 10.9. The van der Waals surface area contributed by atoms with Crippen LogP contribution in [0.4, 0.5) is 0 Å². The van der Waals surface area contributed by atoms with E-state index in [-0.39, 0.29) is 10.9 Å². The van der Waals surface area contributed by atoms with Gasteiger partial charge in [-0.15, -0.1) is 0 Å². The van der Waals surface area contributed by atoms with Gasteiger partial charge in [0.05, 0.1) is 5.56 Å². The zero-order valence-corrected chi connectivity index (χ0v) is 11.8. The second-order valence-corrected chi connectivity index (χ2v) is 4.98. The second kappa shape index (κ2) is 4.72. The summed E-state index contributed by atoms with van der Waals surface area (Å²) in [5.41, 5.74) is 2.90. The van der Waals surface area contributed by atoms with Crippen molar-refractivity contribution < 1.29 is 4.79 Å². The molecule has 0 unspecified atom stereocenters. The molecule has 0 radical (unpaired) electrons. The first-order chi connectivity index (χ1) is 9.59. The molecular formula is C15H12ClN3O. The van der Waals surface area contributed by atoms with Crippen molar-refractivity contribution in [3.8, 4) is 0 Å². The summed E-state index contributed by atoms with van der Waals surface area (Å²) < 4.78 is 2.01. The first-order valence-electron chi connectivity index (χ1n) is 6.16. The topological polar surface area (TPSA) is 47.8 Å². The van der Waals surface area contributed by atoms with Crippen LogP contribution in [0.2, 0.25) is 5.15 Å². The number of aromatic nitrogens is 3. The van der Waals surface area contributed by atoms with Crippen molar-refractivity contribution in [3.05, 3.63) is 58.8 Å². The zero-order valence-electron chi connectivity index (χ0n) is 11.1. The summed E-state index contributed by atoms with van der Waals surface area (Å²) in [5.74, 6) is -0.136. The van der Waals surface area contributed by atoms with E-state index in [4.69, 9.17) is 11.6 Å². The molecule has 4 nitrogen and oxygen atoms in total. The summed E-state index contributed by atoms with van der Waals surface area (Å²) in [4.78, 5) is 20.5. The standard InChI is InChI=1S/C15H12ClN3O/c1-9-14(10-5-3-4-6-12(10)19(9)2)15(20)11-7-13(16)18-8-17-11/h3-8H,1-2H3. The van der Waals surface area contributed by atoms with Gasteiger partial charge in [0.25, 0.3) is 0 Å². The molecule has 3 aromatic rings. The van der Waals surface area contributed by atoms with Crippen molar-refractivity contribution in [1.29, 1.82) is 0 Å². The molecule has 0 aliphatic rings. The number of hydrogen-bond donors (Lipinski definition) is 0. The smallest absolute Gasteiger partial charge is 0.213 e. The Balaban J connectivity index is 2.25. The van der Waals surface area contributed by atoms with Crippen molar-refractivity contribution in [2.24, 2.45) is 7.05 Å². The highest BCUT2D eigenvalue weighted by Crippen LogP contribution is 2.26. The molecule has 0 aliphatic heterocycles. The van der Waals surface area contributed by atoms with Crippen LogP contribution in [0.25, 0.3) is 10.9 Å². The minimum absolute atomic E-state index is 0.136. The van der Waals surface area contributed by atoms with Crippen LogP contribution in [0.5, 0.6) is 0 Å². The zero-order chi connectivity index (χ0) is 14.3. The molecule has 3 rings (SSSR count). The predicted molar refractivity (Wildman–Crippen MR) is 78.1 cm³/mol. The second-order valence-electron chi connectivity index (χ2n) is 4.59. The molecule has 5 heteroatoms. The highest BCUT2D eigenvalue weighted by Gasteiger charge is 2.20. The number of nitrogens with zero attached hydrogens (tertiary/aromatic N) is 3. The Kier molecular flexibility index (Phi) is 3.03. The fourth-order valence-corrected chi connectivity index (χ4v) is 2.54. The van der Waals surface area contributed by atoms with Crippen LogP contribution in [0.3, 0.4) is 0 Å². The molecule has 0 amide bonds. The van der Waals surface area contributed by atoms with Crippen LogP contribution in [0.15, 0.2) is 36.7 Å². The van der Waals surface area contributed by atoms with Crippen LogP contribution >= 0.6 is 11.6 Å². The van der Waals surface area contributed by atoms with Crippen LogP contribution in [0, 0.1) is 6.92 Å². The Bertz CT molecular complexity index is 823. The van der Waals surface area contributed by atoms with Crippen molar-refractivity contribution >= 4 is 28.3 Å². The van der Waals surface area contributed by atoms with E-state index in [1.165, 1.54) is 12.4 Å². The molecule has 2 aromatic heterocycles. The number of para-hydroxylation sites is 1. The Hall–Kier alpha value is -2.20. The number of fused-ring (bicyclic) bond motifs is 1. The lowest BCUT2D eigenvalue weighted by atomic mass is 10.0. The third-order valence-electron chi connectivity index (χ3n) is 3.49. The average molecular weight is 286 g/mol. The summed E-state index contributed by atoms with van der Waals surface area (Å²) in [5, 5.41) is 1.19. The van der Waals surface area contributed by atoms with E-state index in [1.807, 2.05) is 42.8 Å². The molecule has 1 aromatic carbocycles. The van der Waals surface area contributed by atoms with Gasteiger partial charge in [-0.25, -0.2) is 9.97 Å². The van der Waals surface area contributed by atoms with Gasteiger partial charge in [0.15, 0.2) is 0 Å². The van der Waals surface area contributed by atoms with E-state index in [9.17, 15) is 4.79 Å². The van der Waals surface area contributed by atoms with Gasteiger partial charge in [-0.05, 0) is 13.0 Å². The number of benzene rings is 1. The van der Waals surface area contributed by atoms with E-state index >= 15 is 0 Å². The van der Waals surface area contributed by atoms with Gasteiger partial charge in [0.2, 0.25) is 5.78 Å². The van der Waals surface area contributed by atoms with E-state index in [0.717, 1.165) is 16.6 Å². The van der Waals surface area contributed by atoms with Gasteiger partial charge in [-0.1, -0.05) is 29.8 Å². The first-order valence-corrected chi connectivity index (χ1v) is 6.53. The van der Waals surface area contributed by atoms with E-state index in [2.05, 4.69) is 9.97 Å². The maximum Gasteiger partial charge on any atom is 0.213 e. The van der Waals surface area contributed by atoms with Crippen LogP contribution < -0.4 is 0 Å². The number of carbonyl (C=O) groups excluding carboxylic acids is 1. The molecule has 0 saturated carbocycles. The molecule has 0 bridgehead atoms. The maximum absolute atomic E-state index is 12.7. The summed E-state index contributed by atoms with van der Waals surface area (Å²) in [7, 11) is 1.95. The lowest BCUT2D eigenvalue weighted by molar-refractivity contribution is 0.103. The number of carbonyl (C=O) groups is 1. The molecule has 0 aliphatic carbocycles. The molecule has 0 saturated heterocycles. The number of rotatable bonds is 2. The maximum atomic E-state index is 12.7. The third kappa shape index (κ3) is 1.89. The van der Waals surface area contributed by atoms with Gasteiger partial charge in [0.1, 0.15) is 17.2 Å². The highest BCUT2D eigenvalue weighted by atomic mass is 35.5. The quantitative estimate of drug-likeness (QED) is 0.537. The molecule has 0 N–H and O–H groups in total. The van der Waals surface area contributed by atoms with E-state index < -0.39 is 0 Å². The van der Waals surface area contributed by atoms with Crippen LogP contribution in [0.1, 0.15) is 21.7 Å². The Morgan fingerprint density at radius 1 is 1.25 bits per heavy atom. The molecule has 20 heavy (non-hydrogen) atoms. The van der Waals surface area contributed by atoms with Crippen LogP contribution in [-0.4, -0.2) is 20.3 Å². The Labute approximate surface area is 121 Å². The summed E-state index contributed by atoms with van der Waals surface area (Å²) in [6, 6.07) is 9.30. The number of aryl methyl sites for hydroxylation is 1. The number of halogens is 1. The van der Waals surface area contributed by atoms with Gasteiger partial charge < -0.3 is 4.57 Å². The third-order valence-corrected chi connectivity index (χ3v) is 3.70. The summed E-state index contributed by atoms with van der Waals surface area (Å²) in [6.45, 7) is 1.93. The number of ketones is 1. The lowest BCUT2D eigenvalue weighted by Gasteiger charge is -2.02. The minimum Gasteiger partial charge on any atom is -0.347 e. The van der Waals surface area contributed by atoms with Crippen molar-refractivity contribution in [2.75, 3.05) is 0 Å². The van der Waals surface area contributed by atoms with E-state index in [0.29, 0.717) is 11.3 Å². The van der Waals surface area contributed by atoms with Gasteiger partial charge >= 0.3 is 0 Å².